The maximum absolute atomic E-state index is 11.0. The van der Waals surface area contributed by atoms with Crippen LogP contribution < -0.4 is 5.73 Å². The third kappa shape index (κ3) is 1.68. The largest absolute Gasteiger partial charge is 0.478 e. The van der Waals surface area contributed by atoms with Crippen LogP contribution in [-0.2, 0) is 13.5 Å². The predicted octanol–water partition coefficient (Wildman–Crippen LogP) is 1.03. The first-order chi connectivity index (χ1) is 9.11. The van der Waals surface area contributed by atoms with Gasteiger partial charge in [-0.3, -0.25) is 4.40 Å². The number of imidazole rings is 2. The molecule has 0 saturated heterocycles. The summed E-state index contributed by atoms with van der Waals surface area (Å²) < 4.78 is 3.89. The van der Waals surface area contributed by atoms with Gasteiger partial charge in [0, 0.05) is 25.4 Å². The molecule has 0 aliphatic rings. The normalized spacial score (nSPS) is 11.5. The fourth-order valence-electron chi connectivity index (χ4n) is 2.32. The summed E-state index contributed by atoms with van der Waals surface area (Å²) in [5.74, 6) is -0.143. The Labute approximate surface area is 109 Å². The molecule has 0 saturated carbocycles. The molecule has 0 bridgehead atoms. The second-order valence-corrected chi connectivity index (χ2v) is 4.51. The summed E-state index contributed by atoms with van der Waals surface area (Å²) in [5, 5.41) is 9.05. The molecule has 3 rings (SSSR count). The van der Waals surface area contributed by atoms with Gasteiger partial charge in [0.2, 0.25) is 5.78 Å². The molecule has 0 aliphatic carbocycles. The van der Waals surface area contributed by atoms with Gasteiger partial charge in [0.15, 0.2) is 0 Å². The smallest absolute Gasteiger partial charge is 0.335 e. The first kappa shape index (κ1) is 11.7. The Morgan fingerprint density at radius 1 is 1.47 bits per heavy atom. The van der Waals surface area contributed by atoms with Crippen LogP contribution in [0.15, 0.2) is 24.4 Å². The molecule has 0 amide bonds. The van der Waals surface area contributed by atoms with E-state index in [9.17, 15) is 4.79 Å². The maximum atomic E-state index is 11.0. The zero-order valence-corrected chi connectivity index (χ0v) is 10.5. The van der Waals surface area contributed by atoms with Crippen LogP contribution in [0.1, 0.15) is 16.1 Å². The molecule has 3 N–H and O–H groups in total. The summed E-state index contributed by atoms with van der Waals surface area (Å²) in [6, 6.07) is 4.94. The lowest BCUT2D eigenvalue weighted by Crippen LogP contribution is -2.06. The molecule has 0 radical (unpaired) electrons. The second-order valence-electron chi connectivity index (χ2n) is 4.51. The molecule has 6 heteroatoms. The summed E-state index contributed by atoms with van der Waals surface area (Å²) in [7, 11) is 1.93. The molecule has 0 atom stereocenters. The van der Waals surface area contributed by atoms with Gasteiger partial charge in [0.1, 0.15) is 0 Å². The van der Waals surface area contributed by atoms with Crippen molar-refractivity contribution < 1.29 is 9.90 Å². The first-order valence-corrected chi connectivity index (χ1v) is 6.01. The number of rotatable bonds is 3. The van der Waals surface area contributed by atoms with E-state index >= 15 is 0 Å². The van der Waals surface area contributed by atoms with E-state index in [1.54, 1.807) is 18.2 Å². The molecule has 2 aromatic heterocycles. The van der Waals surface area contributed by atoms with E-state index in [1.807, 2.05) is 22.2 Å². The van der Waals surface area contributed by atoms with Gasteiger partial charge in [-0.05, 0) is 24.7 Å². The van der Waals surface area contributed by atoms with Crippen LogP contribution >= 0.6 is 0 Å². The number of carboxylic acids is 1. The zero-order chi connectivity index (χ0) is 13.6. The van der Waals surface area contributed by atoms with Crippen molar-refractivity contribution in [3.8, 4) is 0 Å². The quantitative estimate of drug-likeness (QED) is 0.734. The Balaban J connectivity index is 2.30. The molecule has 0 fully saturated rings. The molecule has 1 aromatic carbocycles. The van der Waals surface area contributed by atoms with Crippen LogP contribution in [0.25, 0.3) is 16.8 Å². The minimum Gasteiger partial charge on any atom is -0.478 e. The van der Waals surface area contributed by atoms with Gasteiger partial charge < -0.3 is 15.4 Å². The highest BCUT2D eigenvalue weighted by atomic mass is 16.4. The van der Waals surface area contributed by atoms with E-state index < -0.39 is 5.97 Å². The number of nitrogens with two attached hydrogens (primary N) is 1. The number of aromatic nitrogens is 3. The molecule has 0 aliphatic heterocycles. The summed E-state index contributed by atoms with van der Waals surface area (Å²) in [6.07, 6.45) is 2.73. The minimum atomic E-state index is -0.935. The van der Waals surface area contributed by atoms with Gasteiger partial charge in [0.25, 0.3) is 0 Å². The summed E-state index contributed by atoms with van der Waals surface area (Å²) in [5.41, 5.74) is 8.50. The third-order valence-electron chi connectivity index (χ3n) is 3.33. The standard InChI is InChI=1S/C13H14N4O2/c1-16-9(4-5-14)7-17-11-6-8(12(18)19)2-3-10(11)15-13(16)17/h2-3,6-7H,4-5,14H2,1H3,(H,18,19). The lowest BCUT2D eigenvalue weighted by Gasteiger charge is -1.98. The van der Waals surface area contributed by atoms with Gasteiger partial charge in [-0.15, -0.1) is 0 Å². The van der Waals surface area contributed by atoms with Crippen molar-refractivity contribution >= 4 is 22.8 Å². The number of fused-ring (bicyclic) bond motifs is 3. The van der Waals surface area contributed by atoms with E-state index in [1.165, 1.54) is 0 Å². The Morgan fingerprint density at radius 3 is 2.95 bits per heavy atom. The SMILES string of the molecule is Cn1c(CCN)cn2c3cc(C(=O)O)ccc3nc12. The van der Waals surface area contributed by atoms with Crippen molar-refractivity contribution in [2.75, 3.05) is 6.54 Å². The molecular formula is C13H14N4O2. The van der Waals surface area contributed by atoms with E-state index in [2.05, 4.69) is 4.98 Å². The van der Waals surface area contributed by atoms with Crippen molar-refractivity contribution in [1.82, 2.24) is 14.0 Å². The van der Waals surface area contributed by atoms with Crippen LogP contribution in [-0.4, -0.2) is 31.6 Å². The minimum absolute atomic E-state index is 0.263. The maximum Gasteiger partial charge on any atom is 0.335 e. The van der Waals surface area contributed by atoms with E-state index in [0.29, 0.717) is 6.54 Å². The average Bonchev–Trinajstić information content (AvgIpc) is 2.88. The molecule has 0 unspecified atom stereocenters. The van der Waals surface area contributed by atoms with Crippen LogP contribution in [0.5, 0.6) is 0 Å². The second kappa shape index (κ2) is 4.10. The molecule has 6 nitrogen and oxygen atoms in total. The monoisotopic (exact) mass is 258 g/mol. The Morgan fingerprint density at radius 2 is 2.26 bits per heavy atom. The number of nitrogens with zero attached hydrogens (tertiary/aromatic N) is 3. The number of hydrogen-bond donors (Lipinski definition) is 2. The lowest BCUT2D eigenvalue weighted by molar-refractivity contribution is 0.0697. The third-order valence-corrected chi connectivity index (χ3v) is 3.33. The average molecular weight is 258 g/mol. The van der Waals surface area contributed by atoms with Crippen molar-refractivity contribution in [3.63, 3.8) is 0 Å². The number of carboxylic acid groups (broad SMARTS) is 1. The number of carbonyl (C=O) groups is 1. The van der Waals surface area contributed by atoms with Crippen LogP contribution in [0.3, 0.4) is 0 Å². The van der Waals surface area contributed by atoms with Crippen molar-refractivity contribution in [1.29, 1.82) is 0 Å². The number of benzene rings is 1. The number of hydrogen-bond acceptors (Lipinski definition) is 3. The zero-order valence-electron chi connectivity index (χ0n) is 10.5. The lowest BCUT2D eigenvalue weighted by atomic mass is 10.2. The molecule has 19 heavy (non-hydrogen) atoms. The van der Waals surface area contributed by atoms with E-state index in [0.717, 1.165) is 28.9 Å². The topological polar surface area (TPSA) is 85.5 Å². The highest BCUT2D eigenvalue weighted by Crippen LogP contribution is 2.20. The molecule has 98 valence electrons. The van der Waals surface area contributed by atoms with Crippen molar-refractivity contribution in [2.45, 2.75) is 6.42 Å². The van der Waals surface area contributed by atoms with Crippen LogP contribution in [0.4, 0.5) is 0 Å². The summed E-state index contributed by atoms with van der Waals surface area (Å²) in [6.45, 7) is 0.569. The fraction of sp³-hybridized carbons (Fsp3) is 0.231. The van der Waals surface area contributed by atoms with Crippen LogP contribution in [0, 0.1) is 0 Å². The Kier molecular flexibility index (Phi) is 2.53. The Hall–Kier alpha value is -2.34. The molecule has 3 aromatic rings. The highest BCUT2D eigenvalue weighted by Gasteiger charge is 2.13. The van der Waals surface area contributed by atoms with Gasteiger partial charge in [-0.25, -0.2) is 9.78 Å². The number of aromatic carboxylic acids is 1. The Bertz CT molecular complexity index is 785. The summed E-state index contributed by atoms with van der Waals surface area (Å²) >= 11 is 0. The molecule has 2 heterocycles. The van der Waals surface area contributed by atoms with Gasteiger partial charge in [-0.2, -0.15) is 0 Å². The predicted molar refractivity (Wildman–Crippen MR) is 71.4 cm³/mol. The molecular weight excluding hydrogens is 244 g/mol. The van der Waals surface area contributed by atoms with Crippen molar-refractivity contribution in [3.05, 3.63) is 35.7 Å². The van der Waals surface area contributed by atoms with Gasteiger partial charge in [-0.1, -0.05) is 0 Å². The first-order valence-electron chi connectivity index (χ1n) is 6.01. The van der Waals surface area contributed by atoms with Crippen LogP contribution in [0.2, 0.25) is 0 Å². The van der Waals surface area contributed by atoms with E-state index in [-0.39, 0.29) is 5.56 Å². The van der Waals surface area contributed by atoms with Gasteiger partial charge >= 0.3 is 5.97 Å². The van der Waals surface area contributed by atoms with Gasteiger partial charge in [0.05, 0.1) is 16.6 Å². The van der Waals surface area contributed by atoms with E-state index in [4.69, 9.17) is 10.8 Å². The highest BCUT2D eigenvalue weighted by molar-refractivity contribution is 5.93. The molecule has 0 spiro atoms. The van der Waals surface area contributed by atoms with Crippen molar-refractivity contribution in [2.24, 2.45) is 12.8 Å². The summed E-state index contributed by atoms with van der Waals surface area (Å²) in [4.78, 5) is 15.5. The number of aryl methyl sites for hydroxylation is 1. The fourth-order valence-corrected chi connectivity index (χ4v) is 2.32.